The summed E-state index contributed by atoms with van der Waals surface area (Å²) in [4.78, 5) is 2.26. The van der Waals surface area contributed by atoms with E-state index in [-0.39, 0.29) is 0 Å². The molecule has 0 radical (unpaired) electrons. The highest BCUT2D eigenvalue weighted by molar-refractivity contribution is 5.50. The van der Waals surface area contributed by atoms with E-state index in [9.17, 15) is 5.11 Å². The molecule has 0 aliphatic heterocycles. The lowest BCUT2D eigenvalue weighted by Crippen LogP contribution is -2.29. The van der Waals surface area contributed by atoms with Crippen LogP contribution in [0.5, 0.6) is 5.75 Å². The number of aliphatic hydroxyl groups is 1. The van der Waals surface area contributed by atoms with Gasteiger partial charge in [0, 0.05) is 31.4 Å². The Morgan fingerprint density at radius 1 is 1.33 bits per heavy atom. The molecule has 1 atom stereocenters. The SMILES string of the molecule is CCN(CC)c1cccc(OCC(O)CNC)c1. The molecule has 0 bridgehead atoms. The summed E-state index contributed by atoms with van der Waals surface area (Å²) in [6.45, 7) is 7.06. The zero-order chi connectivity index (χ0) is 13.4. The molecule has 0 heterocycles. The minimum atomic E-state index is -0.480. The van der Waals surface area contributed by atoms with Crippen molar-refractivity contribution in [1.82, 2.24) is 5.32 Å². The molecule has 4 nitrogen and oxygen atoms in total. The first kappa shape index (κ1) is 14.8. The number of rotatable bonds is 8. The van der Waals surface area contributed by atoms with Crippen LogP contribution in [0, 0.1) is 0 Å². The fourth-order valence-electron chi connectivity index (χ4n) is 1.85. The van der Waals surface area contributed by atoms with Crippen LogP contribution in [-0.2, 0) is 0 Å². The van der Waals surface area contributed by atoms with E-state index in [1.807, 2.05) is 25.2 Å². The molecule has 1 unspecified atom stereocenters. The smallest absolute Gasteiger partial charge is 0.121 e. The fraction of sp³-hybridized carbons (Fsp3) is 0.571. The molecule has 18 heavy (non-hydrogen) atoms. The van der Waals surface area contributed by atoms with Gasteiger partial charge in [0.15, 0.2) is 0 Å². The Morgan fingerprint density at radius 2 is 2.06 bits per heavy atom. The highest BCUT2D eigenvalue weighted by atomic mass is 16.5. The van der Waals surface area contributed by atoms with E-state index in [1.165, 1.54) is 0 Å². The topological polar surface area (TPSA) is 44.7 Å². The number of nitrogens with one attached hydrogen (secondary N) is 1. The van der Waals surface area contributed by atoms with Crippen molar-refractivity contribution in [2.24, 2.45) is 0 Å². The van der Waals surface area contributed by atoms with Crippen LogP contribution in [-0.4, -0.2) is 44.5 Å². The third-order valence-electron chi connectivity index (χ3n) is 2.83. The van der Waals surface area contributed by atoms with Crippen LogP contribution in [0.1, 0.15) is 13.8 Å². The van der Waals surface area contributed by atoms with E-state index in [4.69, 9.17) is 4.74 Å². The number of likely N-dealkylation sites (N-methyl/N-ethyl adjacent to an activating group) is 1. The van der Waals surface area contributed by atoms with Crippen LogP contribution in [0.15, 0.2) is 24.3 Å². The summed E-state index contributed by atoms with van der Waals surface area (Å²) in [6.07, 6.45) is -0.480. The second-order valence-electron chi connectivity index (χ2n) is 4.19. The Balaban J connectivity index is 2.59. The first-order valence-corrected chi connectivity index (χ1v) is 6.51. The molecule has 2 N–H and O–H groups in total. The lowest BCUT2D eigenvalue weighted by Gasteiger charge is -2.21. The molecule has 0 amide bonds. The average molecular weight is 252 g/mol. The van der Waals surface area contributed by atoms with Gasteiger partial charge in [-0.3, -0.25) is 0 Å². The van der Waals surface area contributed by atoms with Crippen LogP contribution in [0.2, 0.25) is 0 Å². The average Bonchev–Trinajstić information content (AvgIpc) is 2.39. The van der Waals surface area contributed by atoms with Crippen LogP contribution in [0.4, 0.5) is 5.69 Å². The van der Waals surface area contributed by atoms with Crippen molar-refractivity contribution in [2.45, 2.75) is 20.0 Å². The van der Waals surface area contributed by atoms with Crippen LogP contribution < -0.4 is 15.0 Å². The molecule has 1 aromatic carbocycles. The van der Waals surface area contributed by atoms with Gasteiger partial charge in [-0.2, -0.15) is 0 Å². The van der Waals surface area contributed by atoms with Crippen molar-refractivity contribution in [1.29, 1.82) is 0 Å². The van der Waals surface area contributed by atoms with Gasteiger partial charge >= 0.3 is 0 Å². The van der Waals surface area contributed by atoms with Crippen molar-refractivity contribution < 1.29 is 9.84 Å². The normalized spacial score (nSPS) is 12.2. The van der Waals surface area contributed by atoms with Crippen molar-refractivity contribution in [2.75, 3.05) is 38.2 Å². The molecule has 0 aliphatic carbocycles. The Morgan fingerprint density at radius 3 is 2.67 bits per heavy atom. The number of benzene rings is 1. The van der Waals surface area contributed by atoms with Gasteiger partial charge in [0.25, 0.3) is 0 Å². The Labute approximate surface area is 110 Å². The Hall–Kier alpha value is -1.26. The maximum atomic E-state index is 9.58. The standard InChI is InChI=1S/C14H24N2O2/c1-4-16(5-2)12-7-6-8-14(9-12)18-11-13(17)10-15-3/h6-9,13,15,17H,4-5,10-11H2,1-3H3. The molecule has 0 spiro atoms. The van der Waals surface area contributed by atoms with E-state index >= 15 is 0 Å². The van der Waals surface area contributed by atoms with Gasteiger partial charge in [-0.15, -0.1) is 0 Å². The van der Waals surface area contributed by atoms with E-state index in [0.717, 1.165) is 24.5 Å². The summed E-state index contributed by atoms with van der Waals surface area (Å²) in [7, 11) is 1.81. The van der Waals surface area contributed by atoms with Gasteiger partial charge in [0.1, 0.15) is 18.5 Å². The highest BCUT2D eigenvalue weighted by Gasteiger charge is 2.06. The predicted molar refractivity (Wildman–Crippen MR) is 75.4 cm³/mol. The molecule has 0 saturated heterocycles. The van der Waals surface area contributed by atoms with E-state index in [0.29, 0.717) is 13.2 Å². The lowest BCUT2D eigenvalue weighted by atomic mass is 10.2. The molecule has 0 aromatic heterocycles. The molecule has 0 aliphatic rings. The summed E-state index contributed by atoms with van der Waals surface area (Å²) < 4.78 is 5.58. The van der Waals surface area contributed by atoms with Crippen LogP contribution >= 0.6 is 0 Å². The molecule has 1 rings (SSSR count). The molecular weight excluding hydrogens is 228 g/mol. The Bertz CT molecular complexity index is 340. The largest absolute Gasteiger partial charge is 0.491 e. The summed E-state index contributed by atoms with van der Waals surface area (Å²) in [5, 5.41) is 12.5. The molecule has 4 heteroatoms. The molecule has 0 saturated carbocycles. The van der Waals surface area contributed by atoms with E-state index in [2.05, 4.69) is 30.1 Å². The van der Waals surface area contributed by atoms with Crippen molar-refractivity contribution in [3.63, 3.8) is 0 Å². The van der Waals surface area contributed by atoms with E-state index in [1.54, 1.807) is 0 Å². The molecular formula is C14H24N2O2. The first-order chi connectivity index (χ1) is 8.71. The summed E-state index contributed by atoms with van der Waals surface area (Å²) in [5.74, 6) is 0.801. The Kier molecular flexibility index (Phi) is 6.54. The first-order valence-electron chi connectivity index (χ1n) is 6.51. The zero-order valence-electron chi connectivity index (χ0n) is 11.5. The van der Waals surface area contributed by atoms with Gasteiger partial charge in [-0.25, -0.2) is 0 Å². The fourth-order valence-corrected chi connectivity index (χ4v) is 1.85. The molecule has 102 valence electrons. The quantitative estimate of drug-likeness (QED) is 0.736. The maximum absolute atomic E-state index is 9.58. The van der Waals surface area contributed by atoms with Gasteiger partial charge < -0.3 is 20.1 Å². The summed E-state index contributed by atoms with van der Waals surface area (Å²) >= 11 is 0. The number of anilines is 1. The lowest BCUT2D eigenvalue weighted by molar-refractivity contribution is 0.108. The maximum Gasteiger partial charge on any atom is 0.121 e. The second-order valence-corrected chi connectivity index (χ2v) is 4.19. The van der Waals surface area contributed by atoms with Crippen LogP contribution in [0.25, 0.3) is 0 Å². The van der Waals surface area contributed by atoms with Crippen LogP contribution in [0.3, 0.4) is 0 Å². The third kappa shape index (κ3) is 4.55. The van der Waals surface area contributed by atoms with Gasteiger partial charge in [-0.05, 0) is 33.0 Å². The van der Waals surface area contributed by atoms with Crippen molar-refractivity contribution in [3.8, 4) is 5.75 Å². The number of ether oxygens (including phenoxy) is 1. The van der Waals surface area contributed by atoms with Gasteiger partial charge in [-0.1, -0.05) is 6.07 Å². The minimum absolute atomic E-state index is 0.308. The molecule has 0 fully saturated rings. The van der Waals surface area contributed by atoms with Gasteiger partial charge in [0.05, 0.1) is 0 Å². The third-order valence-corrected chi connectivity index (χ3v) is 2.83. The minimum Gasteiger partial charge on any atom is -0.491 e. The summed E-state index contributed by atoms with van der Waals surface area (Å²) in [6, 6.07) is 7.98. The molecule has 1 aromatic rings. The number of hydrogen-bond donors (Lipinski definition) is 2. The predicted octanol–water partition coefficient (Wildman–Crippen LogP) is 1.49. The number of nitrogens with zero attached hydrogens (tertiary/aromatic N) is 1. The summed E-state index contributed by atoms with van der Waals surface area (Å²) in [5.41, 5.74) is 1.15. The van der Waals surface area contributed by atoms with Crippen molar-refractivity contribution >= 4 is 5.69 Å². The highest BCUT2D eigenvalue weighted by Crippen LogP contribution is 2.21. The number of hydrogen-bond acceptors (Lipinski definition) is 4. The van der Waals surface area contributed by atoms with E-state index < -0.39 is 6.10 Å². The monoisotopic (exact) mass is 252 g/mol. The second kappa shape index (κ2) is 7.95. The number of aliphatic hydroxyl groups excluding tert-OH is 1. The zero-order valence-corrected chi connectivity index (χ0v) is 11.5. The van der Waals surface area contributed by atoms with Gasteiger partial charge in [0.2, 0.25) is 0 Å². The van der Waals surface area contributed by atoms with Crippen molar-refractivity contribution in [3.05, 3.63) is 24.3 Å².